The van der Waals surface area contributed by atoms with Crippen LogP contribution >= 0.6 is 27.3 Å². The maximum atomic E-state index is 12.1. The topological polar surface area (TPSA) is 55.1 Å². The molecule has 0 atom stereocenters. The lowest BCUT2D eigenvalue weighted by Crippen LogP contribution is -2.10. The number of rotatable bonds is 3. The van der Waals surface area contributed by atoms with E-state index >= 15 is 0 Å². The van der Waals surface area contributed by atoms with Gasteiger partial charge in [-0.25, -0.2) is 4.98 Å². The Bertz CT molecular complexity index is 807. The van der Waals surface area contributed by atoms with Crippen LogP contribution in [0.15, 0.2) is 39.4 Å². The molecule has 108 valence electrons. The van der Waals surface area contributed by atoms with Crippen molar-refractivity contribution in [3.63, 3.8) is 0 Å². The number of hydrogen-bond donors (Lipinski definition) is 1. The number of nitrogens with one attached hydrogen (secondary N) is 1. The van der Waals surface area contributed by atoms with E-state index < -0.39 is 0 Å². The van der Waals surface area contributed by atoms with Crippen LogP contribution in [0.2, 0.25) is 0 Å². The van der Waals surface area contributed by atoms with Crippen LogP contribution in [-0.2, 0) is 0 Å². The van der Waals surface area contributed by atoms with Crippen molar-refractivity contribution in [1.82, 2.24) is 4.98 Å². The summed E-state index contributed by atoms with van der Waals surface area (Å²) in [6.45, 7) is 4.26. The zero-order chi connectivity index (χ0) is 15.0. The van der Waals surface area contributed by atoms with E-state index in [1.54, 1.807) is 12.1 Å². The first-order chi connectivity index (χ1) is 10.0. The standard InChI is InChI=1S/C15H13BrN2O2S/c1-8(2)9-4-3-5-11-13(9)17-15(21-11)18-14(19)10-6-7-12(16)20-10/h3-8H,1-2H3,(H,17,18,19). The van der Waals surface area contributed by atoms with E-state index in [-0.39, 0.29) is 11.7 Å². The summed E-state index contributed by atoms with van der Waals surface area (Å²) < 4.78 is 6.83. The summed E-state index contributed by atoms with van der Waals surface area (Å²) in [6, 6.07) is 9.40. The Morgan fingerprint density at radius 3 is 2.81 bits per heavy atom. The lowest BCUT2D eigenvalue weighted by molar-refractivity contribution is 0.0995. The number of furan rings is 1. The van der Waals surface area contributed by atoms with Crippen molar-refractivity contribution in [3.8, 4) is 0 Å². The zero-order valence-corrected chi connectivity index (χ0v) is 13.9. The second-order valence-electron chi connectivity index (χ2n) is 4.93. The first-order valence-electron chi connectivity index (χ1n) is 6.50. The molecule has 1 aromatic carbocycles. The Balaban J connectivity index is 1.91. The molecule has 1 amide bonds. The van der Waals surface area contributed by atoms with Gasteiger partial charge in [0.15, 0.2) is 15.6 Å². The van der Waals surface area contributed by atoms with Gasteiger partial charge in [0.25, 0.3) is 5.91 Å². The minimum atomic E-state index is -0.300. The molecule has 2 heterocycles. The largest absolute Gasteiger partial charge is 0.444 e. The number of carbonyl (C=O) groups is 1. The van der Waals surface area contributed by atoms with Crippen molar-refractivity contribution >= 4 is 48.5 Å². The molecule has 21 heavy (non-hydrogen) atoms. The molecule has 0 saturated heterocycles. The molecule has 0 fully saturated rings. The van der Waals surface area contributed by atoms with Gasteiger partial charge in [0.2, 0.25) is 0 Å². The fraction of sp³-hybridized carbons (Fsp3) is 0.200. The van der Waals surface area contributed by atoms with E-state index in [1.165, 1.54) is 16.9 Å². The van der Waals surface area contributed by atoms with Gasteiger partial charge in [0.1, 0.15) is 0 Å². The molecule has 1 N–H and O–H groups in total. The highest BCUT2D eigenvalue weighted by Crippen LogP contribution is 2.31. The van der Waals surface area contributed by atoms with Crippen LogP contribution in [0.1, 0.15) is 35.9 Å². The van der Waals surface area contributed by atoms with Crippen LogP contribution in [0.25, 0.3) is 10.2 Å². The van der Waals surface area contributed by atoms with Crippen LogP contribution in [0.4, 0.5) is 5.13 Å². The number of anilines is 1. The van der Waals surface area contributed by atoms with Gasteiger partial charge in [-0.3, -0.25) is 10.1 Å². The number of fused-ring (bicyclic) bond motifs is 1. The van der Waals surface area contributed by atoms with E-state index in [0.717, 1.165) is 10.2 Å². The number of thiazole rings is 1. The van der Waals surface area contributed by atoms with Crippen LogP contribution in [0, 0.1) is 0 Å². The van der Waals surface area contributed by atoms with E-state index in [2.05, 4.69) is 46.1 Å². The smallest absolute Gasteiger partial charge is 0.293 e. The molecule has 0 saturated carbocycles. The van der Waals surface area contributed by atoms with Gasteiger partial charge in [0, 0.05) is 0 Å². The average Bonchev–Trinajstić information content (AvgIpc) is 3.03. The normalized spacial score (nSPS) is 11.2. The first-order valence-corrected chi connectivity index (χ1v) is 8.11. The van der Waals surface area contributed by atoms with Crippen molar-refractivity contribution in [2.45, 2.75) is 19.8 Å². The Morgan fingerprint density at radius 1 is 1.33 bits per heavy atom. The number of aromatic nitrogens is 1. The summed E-state index contributed by atoms with van der Waals surface area (Å²) in [5.74, 6) is 0.344. The predicted molar refractivity (Wildman–Crippen MR) is 88.1 cm³/mol. The Hall–Kier alpha value is -1.66. The predicted octanol–water partition coefficient (Wildman–Crippen LogP) is 5.03. The number of amides is 1. The lowest BCUT2D eigenvalue weighted by Gasteiger charge is -2.04. The Labute approximate surface area is 134 Å². The molecule has 0 spiro atoms. The SMILES string of the molecule is CC(C)c1cccc2sc(NC(=O)c3ccc(Br)o3)nc12. The fourth-order valence-corrected chi connectivity index (χ4v) is 3.29. The number of nitrogens with zero attached hydrogens (tertiary/aromatic N) is 1. The van der Waals surface area contributed by atoms with Gasteiger partial charge in [-0.2, -0.15) is 0 Å². The Morgan fingerprint density at radius 2 is 2.14 bits per heavy atom. The molecule has 0 aliphatic carbocycles. The van der Waals surface area contributed by atoms with E-state index in [9.17, 15) is 4.79 Å². The highest BCUT2D eigenvalue weighted by molar-refractivity contribution is 9.10. The van der Waals surface area contributed by atoms with Gasteiger partial charge in [-0.05, 0) is 45.6 Å². The highest BCUT2D eigenvalue weighted by Gasteiger charge is 2.15. The van der Waals surface area contributed by atoms with Crippen LogP contribution in [0.5, 0.6) is 0 Å². The maximum absolute atomic E-state index is 12.1. The van der Waals surface area contributed by atoms with Crippen molar-refractivity contribution < 1.29 is 9.21 Å². The van der Waals surface area contributed by atoms with Gasteiger partial charge < -0.3 is 4.42 Å². The summed E-state index contributed by atoms with van der Waals surface area (Å²) in [4.78, 5) is 16.6. The quantitative estimate of drug-likeness (QED) is 0.709. The monoisotopic (exact) mass is 364 g/mol. The molecule has 3 rings (SSSR count). The molecular weight excluding hydrogens is 352 g/mol. The van der Waals surface area contributed by atoms with Crippen molar-refractivity contribution in [2.75, 3.05) is 5.32 Å². The first kappa shape index (κ1) is 14.3. The number of hydrogen-bond acceptors (Lipinski definition) is 4. The molecule has 4 nitrogen and oxygen atoms in total. The second-order valence-corrected chi connectivity index (χ2v) is 6.74. The van der Waals surface area contributed by atoms with Crippen molar-refractivity contribution in [3.05, 3.63) is 46.3 Å². The number of carbonyl (C=O) groups excluding carboxylic acids is 1. The van der Waals surface area contributed by atoms with Crippen LogP contribution < -0.4 is 5.32 Å². The van der Waals surface area contributed by atoms with Gasteiger partial charge in [-0.1, -0.05) is 37.3 Å². The van der Waals surface area contributed by atoms with Crippen LogP contribution in [0.3, 0.4) is 0 Å². The minimum absolute atomic E-state index is 0.255. The fourth-order valence-electron chi connectivity index (χ4n) is 2.08. The summed E-state index contributed by atoms with van der Waals surface area (Å²) in [7, 11) is 0. The minimum Gasteiger partial charge on any atom is -0.444 e. The maximum Gasteiger partial charge on any atom is 0.293 e. The zero-order valence-electron chi connectivity index (χ0n) is 11.5. The third-order valence-electron chi connectivity index (χ3n) is 3.09. The molecule has 0 aliphatic heterocycles. The highest BCUT2D eigenvalue weighted by atomic mass is 79.9. The van der Waals surface area contributed by atoms with E-state index in [4.69, 9.17) is 4.42 Å². The summed E-state index contributed by atoms with van der Waals surface area (Å²) in [5.41, 5.74) is 2.14. The second kappa shape index (κ2) is 5.61. The van der Waals surface area contributed by atoms with Crippen LogP contribution in [-0.4, -0.2) is 10.9 Å². The number of benzene rings is 1. The average molecular weight is 365 g/mol. The third-order valence-corrected chi connectivity index (χ3v) is 4.45. The van der Waals surface area contributed by atoms with Gasteiger partial charge in [-0.15, -0.1) is 0 Å². The lowest BCUT2D eigenvalue weighted by atomic mass is 10.0. The molecule has 0 radical (unpaired) electrons. The molecule has 0 unspecified atom stereocenters. The van der Waals surface area contributed by atoms with Crippen molar-refractivity contribution in [2.24, 2.45) is 0 Å². The Kier molecular flexibility index (Phi) is 3.82. The molecule has 2 aromatic heterocycles. The molecule has 0 bridgehead atoms. The van der Waals surface area contributed by atoms with Gasteiger partial charge >= 0.3 is 0 Å². The summed E-state index contributed by atoms with van der Waals surface area (Å²) >= 11 is 4.64. The van der Waals surface area contributed by atoms with E-state index in [0.29, 0.717) is 15.7 Å². The molecule has 3 aromatic rings. The molecular formula is C15H13BrN2O2S. The van der Waals surface area contributed by atoms with Gasteiger partial charge in [0.05, 0.1) is 10.2 Å². The number of halogens is 1. The summed E-state index contributed by atoms with van der Waals surface area (Å²) in [6.07, 6.45) is 0. The molecule has 6 heteroatoms. The molecule has 0 aliphatic rings. The number of para-hydroxylation sites is 1. The summed E-state index contributed by atoms with van der Waals surface area (Å²) in [5, 5.41) is 3.36. The third kappa shape index (κ3) is 2.87. The van der Waals surface area contributed by atoms with E-state index in [1.807, 2.05) is 12.1 Å². The van der Waals surface area contributed by atoms with Crippen molar-refractivity contribution in [1.29, 1.82) is 0 Å².